The normalized spacial score (nSPS) is 11.3. The van der Waals surface area contributed by atoms with Crippen LogP contribution in [0.5, 0.6) is 11.5 Å². The monoisotopic (exact) mass is 450 g/mol. The third kappa shape index (κ3) is 4.17. The summed E-state index contributed by atoms with van der Waals surface area (Å²) in [5.41, 5.74) is 1.01. The zero-order valence-electron chi connectivity index (χ0n) is 17.6. The van der Waals surface area contributed by atoms with E-state index in [-0.39, 0.29) is 17.0 Å². The summed E-state index contributed by atoms with van der Waals surface area (Å²) in [6.07, 6.45) is 0. The maximum atomic E-state index is 13.5. The van der Waals surface area contributed by atoms with Gasteiger partial charge in [0.25, 0.3) is 15.6 Å². The molecule has 0 bridgehead atoms. The lowest BCUT2D eigenvalue weighted by atomic mass is 10.1. The first kappa shape index (κ1) is 21.5. The number of benzene rings is 3. The van der Waals surface area contributed by atoms with E-state index in [2.05, 4.69) is 4.98 Å². The number of aromatic amines is 1. The molecule has 0 aliphatic rings. The molecule has 0 aliphatic heterocycles. The molecule has 8 heteroatoms. The Labute approximate surface area is 185 Å². The van der Waals surface area contributed by atoms with E-state index in [1.54, 1.807) is 73.8 Å². The molecule has 0 radical (unpaired) electrons. The van der Waals surface area contributed by atoms with Crippen molar-refractivity contribution in [3.8, 4) is 11.5 Å². The van der Waals surface area contributed by atoms with Gasteiger partial charge in [0.15, 0.2) is 0 Å². The summed E-state index contributed by atoms with van der Waals surface area (Å²) in [5, 5.41) is 0.741. The first-order valence-corrected chi connectivity index (χ1v) is 11.3. The fraction of sp³-hybridized carbons (Fsp3) is 0.125. The minimum absolute atomic E-state index is 0.134. The Balaban J connectivity index is 1.83. The highest BCUT2D eigenvalue weighted by Crippen LogP contribution is 2.28. The maximum absolute atomic E-state index is 13.5. The second-order valence-electron chi connectivity index (χ2n) is 7.10. The average molecular weight is 451 g/mol. The summed E-state index contributed by atoms with van der Waals surface area (Å²) in [6, 6.07) is 21.8. The highest BCUT2D eigenvalue weighted by Gasteiger charge is 2.26. The van der Waals surface area contributed by atoms with Crippen LogP contribution in [-0.2, 0) is 16.6 Å². The standard InChI is InChI=1S/C24H22N2O5S/c1-30-20-10-8-19(9-11-20)26(32(28,29)22-6-4-3-5-7-22)16-18-14-17-15-21(31-2)12-13-23(17)25-24(18)27/h3-15H,16H2,1-2H3,(H,25,27). The van der Waals surface area contributed by atoms with E-state index in [0.717, 1.165) is 5.39 Å². The Morgan fingerprint density at radius 1 is 0.844 bits per heavy atom. The van der Waals surface area contributed by atoms with Crippen molar-refractivity contribution in [2.24, 2.45) is 0 Å². The van der Waals surface area contributed by atoms with E-state index in [0.29, 0.717) is 28.3 Å². The van der Waals surface area contributed by atoms with E-state index in [1.807, 2.05) is 0 Å². The summed E-state index contributed by atoms with van der Waals surface area (Å²) in [5.74, 6) is 1.24. The Kier molecular flexibility index (Phi) is 5.87. The number of hydrogen-bond donors (Lipinski definition) is 1. The molecule has 0 atom stereocenters. The number of H-pyrrole nitrogens is 1. The van der Waals surface area contributed by atoms with Gasteiger partial charge in [0, 0.05) is 16.5 Å². The molecule has 7 nitrogen and oxygen atoms in total. The number of sulfonamides is 1. The van der Waals surface area contributed by atoms with Gasteiger partial charge >= 0.3 is 0 Å². The van der Waals surface area contributed by atoms with Crippen LogP contribution in [0.4, 0.5) is 5.69 Å². The number of nitrogens with zero attached hydrogens (tertiary/aromatic N) is 1. The number of pyridine rings is 1. The summed E-state index contributed by atoms with van der Waals surface area (Å²) >= 11 is 0. The van der Waals surface area contributed by atoms with Crippen molar-refractivity contribution in [2.45, 2.75) is 11.4 Å². The van der Waals surface area contributed by atoms with Crippen molar-refractivity contribution in [3.05, 3.63) is 94.8 Å². The number of anilines is 1. The molecule has 1 aromatic heterocycles. The van der Waals surface area contributed by atoms with Gasteiger partial charge in [-0.05, 0) is 60.7 Å². The second kappa shape index (κ2) is 8.76. The van der Waals surface area contributed by atoms with Gasteiger partial charge in [-0.2, -0.15) is 0 Å². The molecule has 0 spiro atoms. The van der Waals surface area contributed by atoms with Crippen LogP contribution < -0.4 is 19.3 Å². The van der Waals surface area contributed by atoms with Crippen LogP contribution >= 0.6 is 0 Å². The predicted molar refractivity (Wildman–Crippen MR) is 124 cm³/mol. The quantitative estimate of drug-likeness (QED) is 0.461. The van der Waals surface area contributed by atoms with Gasteiger partial charge in [-0.3, -0.25) is 9.10 Å². The van der Waals surface area contributed by atoms with Crippen LogP contribution in [-0.4, -0.2) is 27.6 Å². The van der Waals surface area contributed by atoms with Gasteiger partial charge in [-0.1, -0.05) is 18.2 Å². The zero-order valence-corrected chi connectivity index (χ0v) is 18.4. The first-order valence-electron chi connectivity index (χ1n) is 9.84. The van der Waals surface area contributed by atoms with Crippen LogP contribution in [0.3, 0.4) is 0 Å². The van der Waals surface area contributed by atoms with Gasteiger partial charge in [0.1, 0.15) is 11.5 Å². The highest BCUT2D eigenvalue weighted by atomic mass is 32.2. The van der Waals surface area contributed by atoms with E-state index in [9.17, 15) is 13.2 Å². The van der Waals surface area contributed by atoms with Crippen LogP contribution in [0.25, 0.3) is 10.9 Å². The zero-order chi connectivity index (χ0) is 22.7. The lowest BCUT2D eigenvalue weighted by Gasteiger charge is -2.24. The molecule has 4 rings (SSSR count). The molecule has 0 saturated carbocycles. The number of fused-ring (bicyclic) bond motifs is 1. The van der Waals surface area contributed by atoms with Crippen molar-refractivity contribution >= 4 is 26.6 Å². The largest absolute Gasteiger partial charge is 0.497 e. The Hall–Kier alpha value is -3.78. The summed E-state index contributed by atoms with van der Waals surface area (Å²) in [4.78, 5) is 15.7. The van der Waals surface area contributed by atoms with Crippen LogP contribution in [0.2, 0.25) is 0 Å². The van der Waals surface area contributed by atoms with Gasteiger partial charge < -0.3 is 14.5 Å². The average Bonchev–Trinajstić information content (AvgIpc) is 2.83. The maximum Gasteiger partial charge on any atom is 0.264 e. The topological polar surface area (TPSA) is 88.7 Å². The lowest BCUT2D eigenvalue weighted by Crippen LogP contribution is -2.33. The highest BCUT2D eigenvalue weighted by molar-refractivity contribution is 7.92. The summed E-state index contributed by atoms with van der Waals surface area (Å²) < 4.78 is 38.7. The van der Waals surface area contributed by atoms with Gasteiger partial charge in [-0.15, -0.1) is 0 Å². The molecule has 3 aromatic carbocycles. The number of methoxy groups -OCH3 is 2. The van der Waals surface area contributed by atoms with Crippen molar-refractivity contribution in [1.29, 1.82) is 0 Å². The molecule has 0 saturated heterocycles. The van der Waals surface area contributed by atoms with Gasteiger partial charge in [-0.25, -0.2) is 8.42 Å². The second-order valence-corrected chi connectivity index (χ2v) is 8.96. The summed E-state index contributed by atoms with van der Waals surface area (Å²) in [7, 11) is -0.841. The van der Waals surface area contributed by atoms with Crippen molar-refractivity contribution in [1.82, 2.24) is 4.98 Å². The molecule has 32 heavy (non-hydrogen) atoms. The molecule has 4 aromatic rings. The van der Waals surface area contributed by atoms with E-state index < -0.39 is 10.0 Å². The van der Waals surface area contributed by atoms with Crippen LogP contribution in [0, 0.1) is 0 Å². The number of aromatic nitrogens is 1. The van der Waals surface area contributed by atoms with Crippen LogP contribution in [0.15, 0.2) is 88.6 Å². The molecular formula is C24H22N2O5S. The van der Waals surface area contributed by atoms with Gasteiger partial charge in [0.2, 0.25) is 0 Å². The minimum Gasteiger partial charge on any atom is -0.497 e. The number of rotatable bonds is 7. The molecule has 0 fully saturated rings. The van der Waals surface area contributed by atoms with Gasteiger partial charge in [0.05, 0.1) is 31.3 Å². The van der Waals surface area contributed by atoms with Crippen molar-refractivity contribution in [3.63, 3.8) is 0 Å². The smallest absolute Gasteiger partial charge is 0.264 e. The van der Waals surface area contributed by atoms with Crippen molar-refractivity contribution in [2.75, 3.05) is 18.5 Å². The fourth-order valence-electron chi connectivity index (χ4n) is 3.41. The fourth-order valence-corrected chi connectivity index (χ4v) is 4.88. The van der Waals surface area contributed by atoms with Crippen molar-refractivity contribution < 1.29 is 17.9 Å². The third-order valence-electron chi connectivity index (χ3n) is 5.13. The number of ether oxygens (including phenoxy) is 2. The molecule has 1 heterocycles. The molecule has 0 unspecified atom stereocenters. The lowest BCUT2D eigenvalue weighted by molar-refractivity contribution is 0.415. The Bertz CT molecular complexity index is 1400. The molecule has 1 N–H and O–H groups in total. The molecular weight excluding hydrogens is 428 g/mol. The van der Waals surface area contributed by atoms with E-state index in [1.165, 1.54) is 23.5 Å². The number of hydrogen-bond acceptors (Lipinski definition) is 5. The first-order chi connectivity index (χ1) is 15.4. The molecule has 0 aliphatic carbocycles. The SMILES string of the molecule is COc1ccc(N(Cc2cc3cc(OC)ccc3[nH]c2=O)S(=O)(=O)c2ccccc2)cc1. The van der Waals surface area contributed by atoms with E-state index >= 15 is 0 Å². The predicted octanol–water partition coefficient (Wildman–Crippen LogP) is 3.94. The third-order valence-corrected chi connectivity index (χ3v) is 6.92. The van der Waals surface area contributed by atoms with Crippen LogP contribution in [0.1, 0.15) is 5.56 Å². The molecule has 164 valence electrons. The minimum atomic E-state index is -3.94. The Morgan fingerprint density at radius 2 is 1.50 bits per heavy atom. The van der Waals surface area contributed by atoms with E-state index in [4.69, 9.17) is 9.47 Å². The molecule has 0 amide bonds. The Morgan fingerprint density at radius 3 is 2.16 bits per heavy atom. The number of nitrogens with one attached hydrogen (secondary N) is 1. The summed E-state index contributed by atoms with van der Waals surface area (Å²) in [6.45, 7) is -0.147.